The SMILES string of the molecule is CCC(C=C(C)C(N)=O)NC. The summed E-state index contributed by atoms with van der Waals surface area (Å²) in [5, 5.41) is 3.05. The van der Waals surface area contributed by atoms with E-state index in [-0.39, 0.29) is 11.9 Å². The van der Waals surface area contributed by atoms with Gasteiger partial charge in [0.2, 0.25) is 5.91 Å². The van der Waals surface area contributed by atoms with Gasteiger partial charge >= 0.3 is 0 Å². The molecule has 0 heterocycles. The maximum absolute atomic E-state index is 10.6. The van der Waals surface area contributed by atoms with E-state index in [1.165, 1.54) is 0 Å². The normalized spacial score (nSPS) is 14.6. The van der Waals surface area contributed by atoms with Gasteiger partial charge in [-0.3, -0.25) is 4.79 Å². The minimum Gasteiger partial charge on any atom is -0.366 e. The molecule has 0 fully saturated rings. The van der Waals surface area contributed by atoms with Crippen LogP contribution in [0.15, 0.2) is 11.6 Å². The van der Waals surface area contributed by atoms with Crippen LogP contribution in [0.4, 0.5) is 0 Å². The first kappa shape index (κ1) is 10.2. The van der Waals surface area contributed by atoms with Gasteiger partial charge in [-0.05, 0) is 20.4 Å². The van der Waals surface area contributed by atoms with Crippen LogP contribution in [-0.4, -0.2) is 19.0 Å². The molecule has 0 rings (SSSR count). The molecule has 0 aromatic rings. The molecule has 3 nitrogen and oxygen atoms in total. The van der Waals surface area contributed by atoms with Crippen LogP contribution in [0.3, 0.4) is 0 Å². The Bertz CT molecular complexity index is 159. The maximum Gasteiger partial charge on any atom is 0.244 e. The summed E-state index contributed by atoms with van der Waals surface area (Å²) in [5.41, 5.74) is 5.68. The van der Waals surface area contributed by atoms with Gasteiger partial charge in [0.15, 0.2) is 0 Å². The smallest absolute Gasteiger partial charge is 0.244 e. The fraction of sp³-hybridized carbons (Fsp3) is 0.625. The number of amides is 1. The van der Waals surface area contributed by atoms with E-state index in [0.29, 0.717) is 5.57 Å². The van der Waals surface area contributed by atoms with Crippen molar-refractivity contribution in [2.45, 2.75) is 26.3 Å². The summed E-state index contributed by atoms with van der Waals surface area (Å²) < 4.78 is 0. The lowest BCUT2D eigenvalue weighted by Crippen LogP contribution is -2.23. The van der Waals surface area contributed by atoms with Crippen molar-refractivity contribution in [3.05, 3.63) is 11.6 Å². The van der Waals surface area contributed by atoms with E-state index in [9.17, 15) is 4.79 Å². The summed E-state index contributed by atoms with van der Waals surface area (Å²) >= 11 is 0. The zero-order chi connectivity index (χ0) is 8.85. The molecule has 0 saturated carbocycles. The van der Waals surface area contributed by atoms with Gasteiger partial charge in [-0.25, -0.2) is 0 Å². The largest absolute Gasteiger partial charge is 0.366 e. The zero-order valence-corrected chi connectivity index (χ0v) is 7.35. The molecule has 0 aromatic carbocycles. The van der Waals surface area contributed by atoms with Crippen molar-refractivity contribution in [1.29, 1.82) is 0 Å². The number of likely N-dealkylation sites (N-methyl/N-ethyl adjacent to an activating group) is 1. The quantitative estimate of drug-likeness (QED) is 0.579. The third kappa shape index (κ3) is 3.78. The van der Waals surface area contributed by atoms with Gasteiger partial charge in [0, 0.05) is 11.6 Å². The molecule has 3 heteroatoms. The molecule has 1 amide bonds. The Kier molecular flexibility index (Phi) is 4.54. The first-order chi connectivity index (χ1) is 5.11. The molecule has 0 aliphatic carbocycles. The second-order valence-electron chi connectivity index (χ2n) is 2.52. The average Bonchev–Trinajstić information content (AvgIpc) is 1.99. The number of carbonyl (C=O) groups is 1. The predicted octanol–water partition coefficient (Wildman–Crippen LogP) is 0.416. The summed E-state index contributed by atoms with van der Waals surface area (Å²) in [6, 6.07) is 0.252. The molecular weight excluding hydrogens is 140 g/mol. The van der Waals surface area contributed by atoms with Crippen LogP contribution in [-0.2, 0) is 4.79 Å². The molecule has 1 unspecified atom stereocenters. The highest BCUT2D eigenvalue weighted by atomic mass is 16.1. The summed E-state index contributed by atoms with van der Waals surface area (Å²) in [4.78, 5) is 10.6. The predicted molar refractivity (Wildman–Crippen MR) is 46.1 cm³/mol. The van der Waals surface area contributed by atoms with E-state index in [0.717, 1.165) is 6.42 Å². The summed E-state index contributed by atoms with van der Waals surface area (Å²) in [7, 11) is 1.86. The van der Waals surface area contributed by atoms with Gasteiger partial charge in [-0.15, -0.1) is 0 Å². The van der Waals surface area contributed by atoms with E-state index in [1.807, 2.05) is 20.0 Å². The Hall–Kier alpha value is -0.830. The van der Waals surface area contributed by atoms with E-state index in [2.05, 4.69) is 5.32 Å². The highest BCUT2D eigenvalue weighted by Gasteiger charge is 2.01. The Labute approximate surface area is 67.7 Å². The highest BCUT2D eigenvalue weighted by Crippen LogP contribution is 1.97. The summed E-state index contributed by atoms with van der Waals surface area (Å²) in [5.74, 6) is -0.348. The van der Waals surface area contributed by atoms with Gasteiger partial charge in [0.1, 0.15) is 0 Å². The topological polar surface area (TPSA) is 55.1 Å². The fourth-order valence-electron chi connectivity index (χ4n) is 0.789. The Balaban J connectivity index is 4.14. The molecule has 0 radical (unpaired) electrons. The van der Waals surface area contributed by atoms with Crippen LogP contribution in [0.5, 0.6) is 0 Å². The van der Waals surface area contributed by atoms with Crippen LogP contribution < -0.4 is 11.1 Å². The minimum atomic E-state index is -0.348. The molecule has 0 bridgehead atoms. The van der Waals surface area contributed by atoms with Crippen molar-refractivity contribution in [2.75, 3.05) is 7.05 Å². The lowest BCUT2D eigenvalue weighted by atomic mass is 10.1. The minimum absolute atomic E-state index is 0.252. The second kappa shape index (κ2) is 4.91. The maximum atomic E-state index is 10.6. The average molecular weight is 156 g/mol. The number of hydrogen-bond donors (Lipinski definition) is 2. The number of nitrogens with one attached hydrogen (secondary N) is 1. The lowest BCUT2D eigenvalue weighted by molar-refractivity contribution is -0.114. The lowest BCUT2D eigenvalue weighted by Gasteiger charge is -2.08. The van der Waals surface area contributed by atoms with Crippen LogP contribution in [0.2, 0.25) is 0 Å². The molecule has 0 aliphatic rings. The molecule has 0 aliphatic heterocycles. The van der Waals surface area contributed by atoms with Gasteiger partial charge in [-0.2, -0.15) is 0 Å². The Morgan fingerprint density at radius 3 is 2.55 bits per heavy atom. The third-order valence-electron chi connectivity index (χ3n) is 1.65. The van der Waals surface area contributed by atoms with Crippen molar-refractivity contribution in [2.24, 2.45) is 5.73 Å². The van der Waals surface area contributed by atoms with Crippen molar-refractivity contribution in [1.82, 2.24) is 5.32 Å². The van der Waals surface area contributed by atoms with Gasteiger partial charge in [0.25, 0.3) is 0 Å². The van der Waals surface area contributed by atoms with Crippen LogP contribution >= 0.6 is 0 Å². The van der Waals surface area contributed by atoms with Gasteiger partial charge < -0.3 is 11.1 Å². The number of hydrogen-bond acceptors (Lipinski definition) is 2. The van der Waals surface area contributed by atoms with Crippen LogP contribution in [0.1, 0.15) is 20.3 Å². The third-order valence-corrected chi connectivity index (χ3v) is 1.65. The van der Waals surface area contributed by atoms with Crippen molar-refractivity contribution < 1.29 is 4.79 Å². The first-order valence-electron chi connectivity index (χ1n) is 3.77. The second-order valence-corrected chi connectivity index (χ2v) is 2.52. The molecular formula is C8H16N2O. The van der Waals surface area contributed by atoms with E-state index in [1.54, 1.807) is 6.92 Å². The molecule has 0 saturated heterocycles. The molecule has 64 valence electrons. The van der Waals surface area contributed by atoms with Crippen LogP contribution in [0, 0.1) is 0 Å². The van der Waals surface area contributed by atoms with Gasteiger partial charge in [-0.1, -0.05) is 13.0 Å². The monoisotopic (exact) mass is 156 g/mol. The molecule has 3 N–H and O–H groups in total. The molecule has 11 heavy (non-hydrogen) atoms. The van der Waals surface area contributed by atoms with Crippen molar-refractivity contribution in [3.8, 4) is 0 Å². The number of primary amides is 1. The van der Waals surface area contributed by atoms with Crippen molar-refractivity contribution >= 4 is 5.91 Å². The highest BCUT2D eigenvalue weighted by molar-refractivity contribution is 5.91. The molecule has 1 atom stereocenters. The molecule has 0 aromatic heterocycles. The summed E-state index contributed by atoms with van der Waals surface area (Å²) in [6.45, 7) is 3.77. The number of carbonyl (C=O) groups excluding carboxylic acids is 1. The standard InChI is InChI=1S/C8H16N2O/c1-4-7(10-3)5-6(2)8(9)11/h5,7,10H,4H2,1-3H3,(H2,9,11). The number of nitrogens with two attached hydrogens (primary N) is 1. The van der Waals surface area contributed by atoms with E-state index in [4.69, 9.17) is 5.73 Å². The number of rotatable bonds is 4. The van der Waals surface area contributed by atoms with E-state index < -0.39 is 0 Å². The van der Waals surface area contributed by atoms with Crippen molar-refractivity contribution in [3.63, 3.8) is 0 Å². The van der Waals surface area contributed by atoms with E-state index >= 15 is 0 Å². The zero-order valence-electron chi connectivity index (χ0n) is 7.35. The fourth-order valence-corrected chi connectivity index (χ4v) is 0.789. The Morgan fingerprint density at radius 1 is 1.73 bits per heavy atom. The van der Waals surface area contributed by atoms with Gasteiger partial charge in [0.05, 0.1) is 0 Å². The first-order valence-corrected chi connectivity index (χ1v) is 3.77. The van der Waals surface area contributed by atoms with Crippen LogP contribution in [0.25, 0.3) is 0 Å². The Morgan fingerprint density at radius 2 is 2.27 bits per heavy atom. The summed E-state index contributed by atoms with van der Waals surface area (Å²) in [6.07, 6.45) is 2.81. The molecule has 0 spiro atoms.